The molecule has 2 bridgehead atoms. The van der Waals surface area contributed by atoms with Gasteiger partial charge in [0.05, 0.1) is 35.7 Å². The van der Waals surface area contributed by atoms with Crippen LogP contribution in [0.1, 0.15) is 47.0 Å². The van der Waals surface area contributed by atoms with Crippen LogP contribution in [-0.4, -0.2) is 85.2 Å². The molecule has 0 aromatic carbocycles. The van der Waals surface area contributed by atoms with Crippen LogP contribution in [0, 0.1) is 11.8 Å². The molecule has 0 aromatic heterocycles. The van der Waals surface area contributed by atoms with E-state index in [1.807, 2.05) is 31.7 Å². The van der Waals surface area contributed by atoms with Crippen molar-refractivity contribution in [1.82, 2.24) is 15.5 Å². The number of hydrogen-bond acceptors (Lipinski definition) is 8. The highest BCUT2D eigenvalue weighted by Gasteiger charge is 2.36. The molecule has 0 aromatic rings. The lowest BCUT2D eigenvalue weighted by atomic mass is 9.84. The number of nitrogens with zero attached hydrogens (tertiary/aromatic N) is 1. The molecule has 3 aliphatic rings. The molecule has 11 heteroatoms. The Kier molecular flexibility index (Phi) is 11.4. The van der Waals surface area contributed by atoms with Crippen molar-refractivity contribution in [2.45, 2.75) is 71.3 Å². The summed E-state index contributed by atoms with van der Waals surface area (Å²) in [5, 5.41) is 16.6. The molecular weight excluding hydrogens is 540 g/mol. The minimum atomic E-state index is -0.909. The number of ketones is 2. The molecule has 2 heterocycles. The van der Waals surface area contributed by atoms with Crippen LogP contribution in [0.15, 0.2) is 58.5 Å². The smallest absolute Gasteiger partial charge is 0.312 e. The topological polar surface area (TPSA) is 160 Å². The number of amides is 3. The van der Waals surface area contributed by atoms with Gasteiger partial charge in [-0.3, -0.25) is 14.4 Å². The van der Waals surface area contributed by atoms with E-state index in [9.17, 15) is 24.3 Å². The Morgan fingerprint density at radius 2 is 1.83 bits per heavy atom. The summed E-state index contributed by atoms with van der Waals surface area (Å²) < 4.78 is 11.3. The normalized spacial score (nSPS) is 33.5. The van der Waals surface area contributed by atoms with Gasteiger partial charge in [0, 0.05) is 50.4 Å². The zero-order valence-corrected chi connectivity index (χ0v) is 25.3. The summed E-state index contributed by atoms with van der Waals surface area (Å²) in [6.07, 6.45) is 7.34. The molecule has 5 N–H and O–H groups in total. The number of carbonyl (C=O) groups is 4. The summed E-state index contributed by atoms with van der Waals surface area (Å²) in [5.74, 6) is -1.75. The average molecular weight is 585 g/mol. The van der Waals surface area contributed by atoms with Gasteiger partial charge >= 0.3 is 6.03 Å². The van der Waals surface area contributed by atoms with Crippen molar-refractivity contribution < 1.29 is 33.8 Å². The Labute approximate surface area is 247 Å². The van der Waals surface area contributed by atoms with E-state index in [0.29, 0.717) is 41.9 Å². The Morgan fingerprint density at radius 3 is 2.40 bits per heavy atom. The summed E-state index contributed by atoms with van der Waals surface area (Å²) in [6, 6.07) is -1.39. The van der Waals surface area contributed by atoms with E-state index < -0.39 is 36.3 Å². The van der Waals surface area contributed by atoms with Gasteiger partial charge in [0.15, 0.2) is 0 Å². The average Bonchev–Trinajstić information content (AvgIpc) is 2.90. The van der Waals surface area contributed by atoms with Gasteiger partial charge in [-0.05, 0) is 39.0 Å². The number of ether oxygens (including phenoxy) is 2. The van der Waals surface area contributed by atoms with Gasteiger partial charge in [0.2, 0.25) is 11.6 Å². The van der Waals surface area contributed by atoms with E-state index in [4.69, 9.17) is 15.2 Å². The van der Waals surface area contributed by atoms with E-state index in [-0.39, 0.29) is 35.5 Å². The predicted octanol–water partition coefficient (Wildman–Crippen LogP) is 2.04. The first-order valence-corrected chi connectivity index (χ1v) is 14.3. The van der Waals surface area contributed by atoms with Crippen LogP contribution >= 0.6 is 0 Å². The van der Waals surface area contributed by atoms with Crippen LogP contribution in [0.3, 0.4) is 0 Å². The lowest BCUT2D eigenvalue weighted by Gasteiger charge is -2.37. The third-order valence-corrected chi connectivity index (χ3v) is 8.06. The molecule has 1 unspecified atom stereocenters. The fourth-order valence-electron chi connectivity index (χ4n) is 5.55. The second kappa shape index (κ2) is 14.6. The monoisotopic (exact) mass is 584 g/mol. The van der Waals surface area contributed by atoms with Gasteiger partial charge in [-0.2, -0.15) is 0 Å². The van der Waals surface area contributed by atoms with Crippen molar-refractivity contribution in [3.8, 4) is 0 Å². The van der Waals surface area contributed by atoms with Gasteiger partial charge in [-0.15, -0.1) is 0 Å². The number of urea groups is 1. The molecule has 3 amide bonds. The van der Waals surface area contributed by atoms with E-state index >= 15 is 0 Å². The summed E-state index contributed by atoms with van der Waals surface area (Å²) >= 11 is 0. The summed E-state index contributed by atoms with van der Waals surface area (Å²) in [4.78, 5) is 53.7. The van der Waals surface area contributed by atoms with Crippen LogP contribution in [0.2, 0.25) is 0 Å². The Hall–Kier alpha value is -3.54. The fourth-order valence-corrected chi connectivity index (χ4v) is 5.55. The van der Waals surface area contributed by atoms with Gasteiger partial charge in [-0.25, -0.2) is 4.79 Å². The number of allylic oxidation sites excluding steroid dienone is 4. The zero-order chi connectivity index (χ0) is 31.1. The molecule has 230 valence electrons. The molecular formula is C31H44N4O7. The minimum absolute atomic E-state index is 0.0663. The molecule has 1 fully saturated rings. The first-order valence-electron chi connectivity index (χ1n) is 14.3. The molecule has 6 atom stereocenters. The number of methoxy groups -OCH3 is 2. The number of aliphatic hydroxyl groups is 1. The van der Waals surface area contributed by atoms with Crippen LogP contribution in [0.25, 0.3) is 0 Å². The number of aliphatic hydroxyl groups excluding tert-OH is 1. The van der Waals surface area contributed by atoms with Crippen molar-refractivity contribution in [1.29, 1.82) is 0 Å². The molecule has 1 aliphatic carbocycles. The molecule has 2 aliphatic heterocycles. The maximum absolute atomic E-state index is 13.7. The number of carbonyl (C=O) groups excluding carboxylic acids is 4. The maximum Gasteiger partial charge on any atom is 0.312 e. The Balaban J connectivity index is 2.07. The highest BCUT2D eigenvalue weighted by Crippen LogP contribution is 2.32. The van der Waals surface area contributed by atoms with Crippen molar-refractivity contribution in [2.24, 2.45) is 17.6 Å². The minimum Gasteiger partial charge on any atom is -0.390 e. The Bertz CT molecular complexity index is 1230. The third kappa shape index (κ3) is 7.84. The number of hydrogen-bond donors (Lipinski definition) is 4. The van der Waals surface area contributed by atoms with Crippen molar-refractivity contribution in [3.05, 3.63) is 58.5 Å². The van der Waals surface area contributed by atoms with Gasteiger partial charge in [-0.1, -0.05) is 43.7 Å². The van der Waals surface area contributed by atoms with Gasteiger partial charge in [0.1, 0.15) is 0 Å². The number of primary amides is 1. The number of rotatable bonds is 4. The molecule has 42 heavy (non-hydrogen) atoms. The van der Waals surface area contributed by atoms with Crippen LogP contribution in [0.4, 0.5) is 4.79 Å². The summed E-state index contributed by atoms with van der Waals surface area (Å²) in [5.41, 5.74) is 7.15. The fraction of sp³-hybridized carbons (Fsp3) is 0.548. The second-order valence-electron chi connectivity index (χ2n) is 11.4. The maximum atomic E-state index is 13.7. The van der Waals surface area contributed by atoms with E-state index in [2.05, 4.69) is 10.6 Å². The van der Waals surface area contributed by atoms with Crippen LogP contribution in [-0.2, 0) is 23.9 Å². The Morgan fingerprint density at radius 1 is 1.14 bits per heavy atom. The molecule has 3 rings (SSSR count). The van der Waals surface area contributed by atoms with E-state index in [1.165, 1.54) is 20.3 Å². The van der Waals surface area contributed by atoms with Crippen molar-refractivity contribution in [2.75, 3.05) is 27.3 Å². The van der Waals surface area contributed by atoms with Crippen LogP contribution < -0.4 is 16.4 Å². The predicted molar refractivity (Wildman–Crippen MR) is 158 cm³/mol. The summed E-state index contributed by atoms with van der Waals surface area (Å²) in [6.45, 7) is 8.56. The highest BCUT2D eigenvalue weighted by atomic mass is 16.5. The molecule has 11 nitrogen and oxygen atoms in total. The highest BCUT2D eigenvalue weighted by molar-refractivity contribution is 6.23. The van der Waals surface area contributed by atoms with Gasteiger partial charge in [0.25, 0.3) is 5.91 Å². The number of likely N-dealkylation sites (tertiary alicyclic amines) is 1. The standard InChI is InChI=1S/C31H44N4O7/c1-17-13-21-27(35-11-8-12-35)23(36)16-22(29(21)38)33-30(39)18(2)9-7-10-24(41-5)26(34-31(32)40)19(3)15-20(4)28(37)25(14-17)42-6/h7,9-10,15-17,20,24-26,28,37H,8,11-14H2,1-6H3,(H,33,39)(H3,32,34,40)/b10-7-,18-9+,19-15+/t17-,20+,24?,25+,26+,28-/m1/s1. The number of nitrogens with two attached hydrogens (primary N) is 1. The first kappa shape index (κ1) is 33.0. The zero-order valence-electron chi connectivity index (χ0n) is 25.3. The lowest BCUT2D eigenvalue weighted by molar-refractivity contribution is -0.120. The molecule has 0 saturated carbocycles. The van der Waals surface area contributed by atoms with E-state index in [0.717, 1.165) is 6.42 Å². The number of fused-ring (bicyclic) bond motifs is 2. The van der Waals surface area contributed by atoms with Crippen molar-refractivity contribution in [3.63, 3.8) is 0 Å². The quantitative estimate of drug-likeness (QED) is 0.289. The molecule has 0 radical (unpaired) electrons. The van der Waals surface area contributed by atoms with Crippen molar-refractivity contribution >= 4 is 23.5 Å². The van der Waals surface area contributed by atoms with Crippen LogP contribution in [0.5, 0.6) is 0 Å². The molecule has 1 saturated heterocycles. The number of nitrogens with one attached hydrogen (secondary N) is 2. The summed E-state index contributed by atoms with van der Waals surface area (Å²) in [7, 11) is 3.00. The lowest BCUT2D eigenvalue weighted by Crippen LogP contribution is -2.47. The number of Topliss-reactive ketones (excluding diaryl/α,β-unsaturated/α-hetero) is 1. The van der Waals surface area contributed by atoms with E-state index in [1.54, 1.807) is 25.2 Å². The third-order valence-electron chi connectivity index (χ3n) is 8.06. The SMILES string of the molecule is COC1/C=C\C=C(/C)C(=O)NC2=CC(=O)C(N3CCC3)=C(C[C@@H](C)C[C@H](OC)[C@H](O)[C@@H](C)/C=C(\C)[C@@H]1NC(N)=O)C2=O. The largest absolute Gasteiger partial charge is 0.390 e. The second-order valence-corrected chi connectivity index (χ2v) is 11.4. The first-order chi connectivity index (χ1) is 19.9. The van der Waals surface area contributed by atoms with Gasteiger partial charge < -0.3 is 35.8 Å². The molecule has 0 spiro atoms.